The summed E-state index contributed by atoms with van der Waals surface area (Å²) in [5.41, 5.74) is 1.52. The Bertz CT molecular complexity index is 1110. The fourth-order valence-corrected chi connectivity index (χ4v) is 3.47. The third-order valence-electron chi connectivity index (χ3n) is 3.91. The fourth-order valence-electron chi connectivity index (χ4n) is 2.53. The predicted molar refractivity (Wildman–Crippen MR) is 100 cm³/mol. The summed E-state index contributed by atoms with van der Waals surface area (Å²) in [6, 6.07) is 13.8. The molecule has 8 nitrogen and oxygen atoms in total. The van der Waals surface area contributed by atoms with Crippen LogP contribution in [-0.4, -0.2) is 25.1 Å². The van der Waals surface area contributed by atoms with Crippen molar-refractivity contribution in [2.75, 3.05) is 0 Å². The van der Waals surface area contributed by atoms with Gasteiger partial charge in [-0.05, 0) is 25.1 Å². The Kier molecular flexibility index (Phi) is 4.51. The van der Waals surface area contributed by atoms with Crippen molar-refractivity contribution in [3.8, 4) is 11.5 Å². The van der Waals surface area contributed by atoms with E-state index in [1.165, 1.54) is 30.2 Å². The average molecular weight is 379 g/mol. The van der Waals surface area contributed by atoms with Crippen LogP contribution in [0.25, 0.3) is 22.4 Å². The summed E-state index contributed by atoms with van der Waals surface area (Å²) in [4.78, 5) is 18.9. The number of hydrogen-bond donors (Lipinski definition) is 0. The van der Waals surface area contributed by atoms with Gasteiger partial charge in [-0.3, -0.25) is 10.1 Å². The Morgan fingerprint density at radius 3 is 2.63 bits per heavy atom. The standard InChI is InChI=1S/C18H13N5O3S/c1-11(27-18-14-4-2-3-5-15(14)19-10-20-18)16-21-22-17(26-16)12-6-8-13(9-7-12)23(24)25/h2-11H,1H3/t11-/m0/s1. The van der Waals surface area contributed by atoms with Crippen molar-refractivity contribution in [1.29, 1.82) is 0 Å². The highest BCUT2D eigenvalue weighted by atomic mass is 32.2. The number of aromatic nitrogens is 4. The monoisotopic (exact) mass is 379 g/mol. The first kappa shape index (κ1) is 17.1. The van der Waals surface area contributed by atoms with Gasteiger partial charge < -0.3 is 4.42 Å². The molecule has 0 N–H and O–H groups in total. The van der Waals surface area contributed by atoms with Crippen LogP contribution in [0.1, 0.15) is 18.1 Å². The van der Waals surface area contributed by atoms with E-state index in [1.54, 1.807) is 12.1 Å². The number of nitro groups is 1. The molecule has 0 amide bonds. The van der Waals surface area contributed by atoms with Crippen molar-refractivity contribution in [2.45, 2.75) is 17.2 Å². The molecule has 0 unspecified atom stereocenters. The number of benzene rings is 2. The van der Waals surface area contributed by atoms with E-state index in [0.717, 1.165) is 15.9 Å². The zero-order chi connectivity index (χ0) is 18.8. The van der Waals surface area contributed by atoms with E-state index in [2.05, 4.69) is 20.2 Å². The van der Waals surface area contributed by atoms with E-state index in [9.17, 15) is 10.1 Å². The number of hydrogen-bond acceptors (Lipinski definition) is 8. The van der Waals surface area contributed by atoms with E-state index in [1.807, 2.05) is 31.2 Å². The summed E-state index contributed by atoms with van der Waals surface area (Å²) >= 11 is 1.50. The van der Waals surface area contributed by atoms with Crippen LogP contribution in [0.3, 0.4) is 0 Å². The van der Waals surface area contributed by atoms with Gasteiger partial charge in [0, 0.05) is 23.1 Å². The number of fused-ring (bicyclic) bond motifs is 1. The van der Waals surface area contributed by atoms with Gasteiger partial charge in [0.2, 0.25) is 11.8 Å². The van der Waals surface area contributed by atoms with Gasteiger partial charge in [0.1, 0.15) is 11.4 Å². The summed E-state index contributed by atoms with van der Waals surface area (Å²) in [7, 11) is 0. The molecule has 0 aliphatic carbocycles. The first-order valence-electron chi connectivity index (χ1n) is 8.06. The average Bonchev–Trinajstić information content (AvgIpc) is 3.19. The van der Waals surface area contributed by atoms with Crippen molar-refractivity contribution in [1.82, 2.24) is 20.2 Å². The molecule has 0 spiro atoms. The highest BCUT2D eigenvalue weighted by molar-refractivity contribution is 7.99. The third kappa shape index (κ3) is 3.49. The molecule has 0 bridgehead atoms. The van der Waals surface area contributed by atoms with Crippen LogP contribution in [0.2, 0.25) is 0 Å². The second-order valence-corrected chi connectivity index (χ2v) is 7.03. The van der Waals surface area contributed by atoms with E-state index in [4.69, 9.17) is 4.42 Å². The van der Waals surface area contributed by atoms with Gasteiger partial charge in [0.25, 0.3) is 5.69 Å². The lowest BCUT2D eigenvalue weighted by molar-refractivity contribution is -0.384. The Hall–Kier alpha value is -3.33. The van der Waals surface area contributed by atoms with E-state index >= 15 is 0 Å². The number of para-hydroxylation sites is 1. The third-order valence-corrected chi connectivity index (χ3v) is 5.01. The fraction of sp³-hybridized carbons (Fsp3) is 0.111. The number of thioether (sulfide) groups is 1. The first-order chi connectivity index (χ1) is 13.1. The highest BCUT2D eigenvalue weighted by Gasteiger charge is 2.18. The SMILES string of the molecule is C[C@H](Sc1ncnc2ccccc12)c1nnc(-c2ccc([N+](=O)[O-])cc2)o1. The van der Waals surface area contributed by atoms with Gasteiger partial charge in [-0.15, -0.1) is 10.2 Å². The summed E-state index contributed by atoms with van der Waals surface area (Å²) in [6.45, 7) is 1.95. The first-order valence-corrected chi connectivity index (χ1v) is 8.94. The molecule has 0 saturated carbocycles. The van der Waals surface area contributed by atoms with Crippen LogP contribution in [0.4, 0.5) is 5.69 Å². The second kappa shape index (κ2) is 7.12. The molecule has 0 radical (unpaired) electrons. The van der Waals surface area contributed by atoms with Gasteiger partial charge in [-0.1, -0.05) is 30.0 Å². The molecular formula is C18H13N5O3S. The van der Waals surface area contributed by atoms with E-state index in [-0.39, 0.29) is 10.9 Å². The molecule has 4 aromatic rings. The van der Waals surface area contributed by atoms with Gasteiger partial charge in [-0.25, -0.2) is 9.97 Å². The number of rotatable bonds is 5. The van der Waals surface area contributed by atoms with Crippen molar-refractivity contribution in [2.24, 2.45) is 0 Å². The molecule has 27 heavy (non-hydrogen) atoms. The van der Waals surface area contributed by atoms with Gasteiger partial charge in [0.05, 0.1) is 15.7 Å². The maximum absolute atomic E-state index is 10.7. The van der Waals surface area contributed by atoms with Crippen molar-refractivity contribution in [3.05, 3.63) is 70.9 Å². The van der Waals surface area contributed by atoms with Crippen LogP contribution in [0.5, 0.6) is 0 Å². The van der Waals surface area contributed by atoms with Crippen LogP contribution in [0.15, 0.2) is 64.3 Å². The van der Waals surface area contributed by atoms with Crippen LogP contribution >= 0.6 is 11.8 Å². The molecule has 2 heterocycles. The number of non-ortho nitro benzene ring substituents is 1. The molecule has 0 saturated heterocycles. The number of nitrogens with zero attached hydrogens (tertiary/aromatic N) is 5. The van der Waals surface area contributed by atoms with Gasteiger partial charge in [0.15, 0.2) is 0 Å². The minimum absolute atomic E-state index is 0.0121. The van der Waals surface area contributed by atoms with Crippen molar-refractivity contribution in [3.63, 3.8) is 0 Å². The molecule has 134 valence electrons. The molecule has 4 rings (SSSR count). The zero-order valence-electron chi connectivity index (χ0n) is 14.1. The minimum atomic E-state index is -0.451. The van der Waals surface area contributed by atoms with Gasteiger partial charge >= 0.3 is 0 Å². The smallest absolute Gasteiger partial charge is 0.269 e. The quantitative estimate of drug-likeness (QED) is 0.217. The summed E-state index contributed by atoms with van der Waals surface area (Å²) in [5, 5.41) is 20.6. The molecule has 0 aliphatic heterocycles. The molecule has 0 aliphatic rings. The summed E-state index contributed by atoms with van der Waals surface area (Å²) in [6.07, 6.45) is 1.54. The molecule has 2 aromatic carbocycles. The maximum atomic E-state index is 10.7. The number of nitro benzene ring substituents is 1. The van der Waals surface area contributed by atoms with E-state index < -0.39 is 4.92 Å². The largest absolute Gasteiger partial charge is 0.419 e. The molecule has 1 atom stereocenters. The molecular weight excluding hydrogens is 366 g/mol. The molecule has 2 aromatic heterocycles. The summed E-state index contributed by atoms with van der Waals surface area (Å²) in [5.74, 6) is 0.774. The Balaban J connectivity index is 1.56. The summed E-state index contributed by atoms with van der Waals surface area (Å²) < 4.78 is 5.76. The zero-order valence-corrected chi connectivity index (χ0v) is 15.0. The van der Waals surface area contributed by atoms with E-state index in [0.29, 0.717) is 17.3 Å². The predicted octanol–water partition coefficient (Wildman–Crippen LogP) is 4.44. The van der Waals surface area contributed by atoms with Crippen molar-refractivity contribution >= 4 is 28.4 Å². The Morgan fingerprint density at radius 2 is 1.85 bits per heavy atom. The molecule has 9 heteroatoms. The second-order valence-electron chi connectivity index (χ2n) is 5.71. The highest BCUT2D eigenvalue weighted by Crippen LogP contribution is 2.36. The Morgan fingerprint density at radius 1 is 1.07 bits per heavy atom. The van der Waals surface area contributed by atoms with Crippen LogP contribution in [-0.2, 0) is 0 Å². The minimum Gasteiger partial charge on any atom is -0.419 e. The van der Waals surface area contributed by atoms with Crippen LogP contribution < -0.4 is 0 Å². The Labute approximate surface area is 157 Å². The molecule has 0 fully saturated rings. The lowest BCUT2D eigenvalue weighted by Crippen LogP contribution is -1.92. The normalized spacial score (nSPS) is 12.2. The van der Waals surface area contributed by atoms with Crippen molar-refractivity contribution < 1.29 is 9.34 Å². The topological polar surface area (TPSA) is 108 Å². The lowest BCUT2D eigenvalue weighted by atomic mass is 10.2. The van der Waals surface area contributed by atoms with Crippen LogP contribution in [0, 0.1) is 10.1 Å². The van der Waals surface area contributed by atoms with Gasteiger partial charge in [-0.2, -0.15) is 0 Å². The maximum Gasteiger partial charge on any atom is 0.269 e. The lowest BCUT2D eigenvalue weighted by Gasteiger charge is -2.08.